The van der Waals surface area contributed by atoms with E-state index < -0.39 is 0 Å². The zero-order chi connectivity index (χ0) is 10.6. The van der Waals surface area contributed by atoms with Gasteiger partial charge in [-0.1, -0.05) is 26.8 Å². The van der Waals surface area contributed by atoms with Crippen molar-refractivity contribution in [3.05, 3.63) is 29.3 Å². The first kappa shape index (κ1) is 11.1. The number of benzene rings is 1. The summed E-state index contributed by atoms with van der Waals surface area (Å²) in [5, 5.41) is 3.45. The average molecular weight is 191 g/mol. The number of rotatable bonds is 4. The number of hydrogen-bond acceptors (Lipinski definition) is 1. The third-order valence-electron chi connectivity index (χ3n) is 2.44. The molecule has 78 valence electrons. The number of hydrogen-bond donors (Lipinski definition) is 1. The lowest BCUT2D eigenvalue weighted by atomic mass is 10.1. The van der Waals surface area contributed by atoms with Crippen LogP contribution in [-0.4, -0.2) is 6.54 Å². The highest BCUT2D eigenvalue weighted by Gasteiger charge is 1.99. The monoisotopic (exact) mass is 191 g/mol. The lowest BCUT2D eigenvalue weighted by Gasteiger charge is -2.11. The summed E-state index contributed by atoms with van der Waals surface area (Å²) < 4.78 is 0. The van der Waals surface area contributed by atoms with Crippen molar-refractivity contribution in [2.75, 3.05) is 11.9 Å². The normalized spacial score (nSPS) is 10.6. The highest BCUT2D eigenvalue weighted by atomic mass is 14.9. The highest BCUT2D eigenvalue weighted by molar-refractivity contribution is 5.48. The van der Waals surface area contributed by atoms with Gasteiger partial charge in [-0.05, 0) is 42.5 Å². The van der Waals surface area contributed by atoms with E-state index >= 15 is 0 Å². The van der Waals surface area contributed by atoms with Crippen molar-refractivity contribution >= 4 is 5.69 Å². The van der Waals surface area contributed by atoms with Crippen LogP contribution in [0.2, 0.25) is 0 Å². The molecule has 0 atom stereocenters. The van der Waals surface area contributed by atoms with Gasteiger partial charge in [-0.3, -0.25) is 0 Å². The predicted molar refractivity (Wildman–Crippen MR) is 63.9 cm³/mol. The molecule has 0 aliphatic carbocycles. The molecule has 0 spiro atoms. The Hall–Kier alpha value is -0.980. The van der Waals surface area contributed by atoms with Gasteiger partial charge in [0.1, 0.15) is 0 Å². The first-order valence-corrected chi connectivity index (χ1v) is 5.47. The summed E-state index contributed by atoms with van der Waals surface area (Å²) in [6.07, 6.45) is 1.11. The van der Waals surface area contributed by atoms with E-state index in [0.717, 1.165) is 13.0 Å². The Morgan fingerprint density at radius 3 is 2.57 bits per heavy atom. The SMILES string of the molecule is CCc1cc(NCC(C)C)ccc1C. The Kier molecular flexibility index (Phi) is 3.99. The maximum absolute atomic E-state index is 3.45. The molecular formula is C13H21N. The fourth-order valence-electron chi connectivity index (χ4n) is 1.48. The van der Waals surface area contributed by atoms with Gasteiger partial charge in [0.15, 0.2) is 0 Å². The second kappa shape index (κ2) is 5.04. The molecule has 0 radical (unpaired) electrons. The van der Waals surface area contributed by atoms with Crippen molar-refractivity contribution < 1.29 is 0 Å². The molecule has 1 aromatic carbocycles. The van der Waals surface area contributed by atoms with Crippen molar-refractivity contribution in [3.63, 3.8) is 0 Å². The molecule has 0 saturated carbocycles. The molecule has 0 unspecified atom stereocenters. The fraction of sp³-hybridized carbons (Fsp3) is 0.538. The van der Waals surface area contributed by atoms with Crippen LogP contribution in [-0.2, 0) is 6.42 Å². The molecule has 1 N–H and O–H groups in total. The maximum atomic E-state index is 3.45. The van der Waals surface area contributed by atoms with Gasteiger partial charge in [-0.15, -0.1) is 0 Å². The topological polar surface area (TPSA) is 12.0 Å². The smallest absolute Gasteiger partial charge is 0.0343 e. The Morgan fingerprint density at radius 1 is 1.29 bits per heavy atom. The van der Waals surface area contributed by atoms with Crippen LogP contribution < -0.4 is 5.32 Å². The molecule has 14 heavy (non-hydrogen) atoms. The predicted octanol–water partition coefficient (Wildman–Crippen LogP) is 3.63. The van der Waals surface area contributed by atoms with Crippen LogP contribution >= 0.6 is 0 Å². The molecule has 0 aliphatic rings. The molecule has 1 heteroatoms. The van der Waals surface area contributed by atoms with E-state index in [1.54, 1.807) is 0 Å². The summed E-state index contributed by atoms with van der Waals surface area (Å²) in [6.45, 7) is 9.87. The van der Waals surface area contributed by atoms with Crippen molar-refractivity contribution in [1.29, 1.82) is 0 Å². The fourth-order valence-corrected chi connectivity index (χ4v) is 1.48. The number of anilines is 1. The quantitative estimate of drug-likeness (QED) is 0.766. The molecule has 0 aliphatic heterocycles. The van der Waals surface area contributed by atoms with Crippen LogP contribution in [0.4, 0.5) is 5.69 Å². The maximum Gasteiger partial charge on any atom is 0.0343 e. The standard InChI is InChI=1S/C13H21N/c1-5-12-8-13(7-6-11(12)4)14-9-10(2)3/h6-8,10,14H,5,9H2,1-4H3. The second-order valence-electron chi connectivity index (χ2n) is 4.27. The van der Waals surface area contributed by atoms with Crippen molar-refractivity contribution in [3.8, 4) is 0 Å². The number of aryl methyl sites for hydroxylation is 2. The van der Waals surface area contributed by atoms with E-state index in [1.165, 1.54) is 16.8 Å². The van der Waals surface area contributed by atoms with Gasteiger partial charge in [0.25, 0.3) is 0 Å². The lowest BCUT2D eigenvalue weighted by Crippen LogP contribution is -2.08. The summed E-state index contributed by atoms with van der Waals surface area (Å²) in [5.74, 6) is 0.696. The van der Waals surface area contributed by atoms with Crippen LogP contribution in [0.15, 0.2) is 18.2 Å². The molecule has 1 rings (SSSR count). The second-order valence-corrected chi connectivity index (χ2v) is 4.27. The summed E-state index contributed by atoms with van der Waals surface area (Å²) in [4.78, 5) is 0. The molecule has 0 fully saturated rings. The minimum atomic E-state index is 0.696. The van der Waals surface area contributed by atoms with Crippen LogP contribution in [0, 0.1) is 12.8 Å². The zero-order valence-corrected chi connectivity index (χ0v) is 9.72. The minimum absolute atomic E-state index is 0.696. The third-order valence-corrected chi connectivity index (χ3v) is 2.44. The van der Waals surface area contributed by atoms with E-state index in [2.05, 4.69) is 51.2 Å². The van der Waals surface area contributed by atoms with E-state index in [1.807, 2.05) is 0 Å². The zero-order valence-electron chi connectivity index (χ0n) is 9.72. The van der Waals surface area contributed by atoms with Crippen molar-refractivity contribution in [2.24, 2.45) is 5.92 Å². The molecular weight excluding hydrogens is 170 g/mol. The van der Waals surface area contributed by atoms with Gasteiger partial charge in [-0.25, -0.2) is 0 Å². The summed E-state index contributed by atoms with van der Waals surface area (Å²) >= 11 is 0. The minimum Gasteiger partial charge on any atom is -0.385 e. The Bertz CT molecular complexity index is 289. The van der Waals surface area contributed by atoms with E-state index in [9.17, 15) is 0 Å². The van der Waals surface area contributed by atoms with Gasteiger partial charge in [0.2, 0.25) is 0 Å². The number of nitrogens with one attached hydrogen (secondary N) is 1. The largest absolute Gasteiger partial charge is 0.385 e. The average Bonchev–Trinajstić information content (AvgIpc) is 2.16. The summed E-state index contributed by atoms with van der Waals surface area (Å²) in [5.41, 5.74) is 4.09. The van der Waals surface area contributed by atoms with Crippen LogP contribution in [0.25, 0.3) is 0 Å². The van der Waals surface area contributed by atoms with Gasteiger partial charge >= 0.3 is 0 Å². The van der Waals surface area contributed by atoms with Gasteiger partial charge in [0.05, 0.1) is 0 Å². The van der Waals surface area contributed by atoms with Crippen LogP contribution in [0.3, 0.4) is 0 Å². The molecule has 1 nitrogen and oxygen atoms in total. The van der Waals surface area contributed by atoms with Crippen LogP contribution in [0.5, 0.6) is 0 Å². The van der Waals surface area contributed by atoms with Crippen molar-refractivity contribution in [2.45, 2.75) is 34.1 Å². The lowest BCUT2D eigenvalue weighted by molar-refractivity contribution is 0.689. The Morgan fingerprint density at radius 2 is 2.00 bits per heavy atom. The van der Waals surface area contributed by atoms with E-state index in [0.29, 0.717) is 5.92 Å². The van der Waals surface area contributed by atoms with Gasteiger partial charge in [0, 0.05) is 12.2 Å². The molecule has 0 bridgehead atoms. The Labute approximate surface area is 87.5 Å². The highest BCUT2D eigenvalue weighted by Crippen LogP contribution is 2.16. The molecule has 1 aromatic rings. The molecule has 0 saturated heterocycles. The molecule has 0 aromatic heterocycles. The third kappa shape index (κ3) is 3.06. The Balaban J connectivity index is 2.69. The van der Waals surface area contributed by atoms with Gasteiger partial charge < -0.3 is 5.32 Å². The van der Waals surface area contributed by atoms with E-state index in [4.69, 9.17) is 0 Å². The molecule has 0 amide bonds. The summed E-state index contributed by atoms with van der Waals surface area (Å²) in [6, 6.07) is 6.62. The van der Waals surface area contributed by atoms with E-state index in [-0.39, 0.29) is 0 Å². The van der Waals surface area contributed by atoms with Gasteiger partial charge in [-0.2, -0.15) is 0 Å². The van der Waals surface area contributed by atoms with Crippen LogP contribution in [0.1, 0.15) is 31.9 Å². The molecule has 0 heterocycles. The summed E-state index contributed by atoms with van der Waals surface area (Å²) in [7, 11) is 0. The first-order chi connectivity index (χ1) is 6.63. The first-order valence-electron chi connectivity index (χ1n) is 5.47. The van der Waals surface area contributed by atoms with Crippen molar-refractivity contribution in [1.82, 2.24) is 0 Å².